The number of anilines is 1. The minimum atomic E-state index is -0.357. The highest BCUT2D eigenvalue weighted by Gasteiger charge is 2.34. The second-order valence-corrected chi connectivity index (χ2v) is 5.66. The van der Waals surface area contributed by atoms with Crippen molar-refractivity contribution in [2.45, 2.75) is 13.2 Å². The molecule has 0 unspecified atom stereocenters. The molecule has 0 saturated carbocycles. The summed E-state index contributed by atoms with van der Waals surface area (Å²) in [5, 5.41) is 2.39. The molecule has 1 atom stereocenters. The molecule has 0 spiro atoms. The lowest BCUT2D eigenvalue weighted by molar-refractivity contribution is 0.0380. The van der Waals surface area contributed by atoms with E-state index in [0.717, 1.165) is 17.8 Å². The molecule has 23 heavy (non-hydrogen) atoms. The van der Waals surface area contributed by atoms with E-state index in [4.69, 9.17) is 4.74 Å². The molecule has 0 aromatic heterocycles. The Balaban J connectivity index is 1.78. The third-order valence-corrected chi connectivity index (χ3v) is 4.35. The number of cyclic esters (lactones) is 1. The summed E-state index contributed by atoms with van der Waals surface area (Å²) in [5.74, 6) is -0.246. The van der Waals surface area contributed by atoms with Gasteiger partial charge in [0.05, 0.1) is 5.56 Å². The van der Waals surface area contributed by atoms with Crippen molar-refractivity contribution in [3.8, 4) is 0 Å². The Morgan fingerprint density at radius 3 is 2.52 bits per heavy atom. The Labute approximate surface area is 135 Å². The number of hydrogen-bond donors (Lipinski definition) is 0. The highest BCUT2D eigenvalue weighted by Crippen LogP contribution is 2.36. The normalized spacial score (nSPS) is 16.2. The maximum atomic E-state index is 12.1. The van der Waals surface area contributed by atoms with Crippen molar-refractivity contribution in [2.75, 3.05) is 11.4 Å². The lowest BCUT2D eigenvalue weighted by Gasteiger charge is -2.29. The van der Waals surface area contributed by atoms with Crippen LogP contribution in [0, 0.1) is 0 Å². The molecule has 0 fully saturated rings. The standard InChI is InChI=1S/C20H17NO2/c1-2-21(16-12-11-14-7-3-4-8-15(14)13-16)19-17-9-5-6-10-18(17)20(22)23-19/h3-13,19H,2H2,1H3/t19-/m0/s1. The molecule has 0 radical (unpaired) electrons. The first kappa shape index (κ1) is 13.8. The van der Waals surface area contributed by atoms with Crippen LogP contribution in [0.15, 0.2) is 66.7 Å². The maximum Gasteiger partial charge on any atom is 0.340 e. The first-order chi connectivity index (χ1) is 11.3. The van der Waals surface area contributed by atoms with Gasteiger partial charge in [-0.15, -0.1) is 0 Å². The molecule has 3 aromatic rings. The zero-order valence-corrected chi connectivity index (χ0v) is 12.9. The largest absolute Gasteiger partial charge is 0.434 e. The van der Waals surface area contributed by atoms with Gasteiger partial charge in [0, 0.05) is 17.8 Å². The molecule has 3 heteroatoms. The summed E-state index contributed by atoms with van der Waals surface area (Å²) < 4.78 is 5.64. The number of carbonyl (C=O) groups is 1. The fraction of sp³-hybridized carbons (Fsp3) is 0.150. The first-order valence-electron chi connectivity index (χ1n) is 7.83. The third-order valence-electron chi connectivity index (χ3n) is 4.35. The number of benzene rings is 3. The van der Waals surface area contributed by atoms with Crippen LogP contribution in [0.25, 0.3) is 10.8 Å². The lowest BCUT2D eigenvalue weighted by Crippen LogP contribution is -2.28. The average molecular weight is 303 g/mol. The van der Waals surface area contributed by atoms with E-state index in [9.17, 15) is 4.79 Å². The van der Waals surface area contributed by atoms with E-state index >= 15 is 0 Å². The predicted octanol–water partition coefficient (Wildman–Crippen LogP) is 4.54. The van der Waals surface area contributed by atoms with Crippen LogP contribution in [0.2, 0.25) is 0 Å². The Morgan fingerprint density at radius 2 is 1.70 bits per heavy atom. The van der Waals surface area contributed by atoms with Crippen LogP contribution in [0.5, 0.6) is 0 Å². The van der Waals surface area contributed by atoms with Gasteiger partial charge >= 0.3 is 5.97 Å². The summed E-state index contributed by atoms with van der Waals surface area (Å²) in [6, 6.07) is 22.2. The van der Waals surface area contributed by atoms with E-state index in [1.807, 2.05) is 36.4 Å². The molecule has 0 bridgehead atoms. The molecular weight excluding hydrogens is 286 g/mol. The summed E-state index contributed by atoms with van der Waals surface area (Å²) in [7, 11) is 0. The first-order valence-corrected chi connectivity index (χ1v) is 7.83. The molecule has 0 N–H and O–H groups in total. The molecule has 0 amide bonds. The fourth-order valence-electron chi connectivity index (χ4n) is 3.20. The van der Waals surface area contributed by atoms with Crippen LogP contribution in [-0.2, 0) is 4.74 Å². The smallest absolute Gasteiger partial charge is 0.340 e. The van der Waals surface area contributed by atoms with Gasteiger partial charge in [-0.2, -0.15) is 0 Å². The molecule has 1 heterocycles. The van der Waals surface area contributed by atoms with Crippen molar-refractivity contribution >= 4 is 22.4 Å². The van der Waals surface area contributed by atoms with Gasteiger partial charge in [0.2, 0.25) is 6.23 Å². The van der Waals surface area contributed by atoms with Crippen molar-refractivity contribution in [2.24, 2.45) is 0 Å². The van der Waals surface area contributed by atoms with Crippen molar-refractivity contribution in [1.29, 1.82) is 0 Å². The topological polar surface area (TPSA) is 29.5 Å². The van der Waals surface area contributed by atoms with Crippen LogP contribution < -0.4 is 4.90 Å². The second-order valence-electron chi connectivity index (χ2n) is 5.66. The van der Waals surface area contributed by atoms with E-state index in [1.54, 1.807) is 0 Å². The SMILES string of the molecule is CCN(c1ccc2ccccc2c1)[C@H]1OC(=O)c2ccccc21. The summed E-state index contributed by atoms with van der Waals surface area (Å²) in [4.78, 5) is 14.2. The fourth-order valence-corrected chi connectivity index (χ4v) is 3.20. The average Bonchev–Trinajstić information content (AvgIpc) is 2.93. The minimum Gasteiger partial charge on any atom is -0.434 e. The predicted molar refractivity (Wildman–Crippen MR) is 91.6 cm³/mol. The quantitative estimate of drug-likeness (QED) is 0.665. The van der Waals surface area contributed by atoms with Crippen molar-refractivity contribution < 1.29 is 9.53 Å². The molecule has 4 rings (SSSR count). The van der Waals surface area contributed by atoms with Gasteiger partial charge in [0.25, 0.3) is 0 Å². The minimum absolute atomic E-state index is 0.246. The molecule has 3 nitrogen and oxygen atoms in total. The van der Waals surface area contributed by atoms with E-state index in [1.165, 1.54) is 10.8 Å². The van der Waals surface area contributed by atoms with Gasteiger partial charge < -0.3 is 9.64 Å². The van der Waals surface area contributed by atoms with Crippen LogP contribution >= 0.6 is 0 Å². The van der Waals surface area contributed by atoms with Crippen LogP contribution in [0.3, 0.4) is 0 Å². The summed E-state index contributed by atoms with van der Waals surface area (Å²) in [6.07, 6.45) is -0.357. The van der Waals surface area contributed by atoms with Gasteiger partial charge in [0.1, 0.15) is 0 Å². The van der Waals surface area contributed by atoms with Crippen LogP contribution in [0.4, 0.5) is 5.69 Å². The zero-order valence-electron chi connectivity index (χ0n) is 12.9. The number of ether oxygens (including phenoxy) is 1. The second kappa shape index (κ2) is 5.43. The Morgan fingerprint density at radius 1 is 0.957 bits per heavy atom. The number of hydrogen-bond acceptors (Lipinski definition) is 3. The van der Waals surface area contributed by atoms with Gasteiger partial charge in [-0.1, -0.05) is 48.5 Å². The van der Waals surface area contributed by atoms with Crippen molar-refractivity contribution in [3.63, 3.8) is 0 Å². The van der Waals surface area contributed by atoms with E-state index in [-0.39, 0.29) is 12.2 Å². The number of fused-ring (bicyclic) bond motifs is 2. The maximum absolute atomic E-state index is 12.1. The van der Waals surface area contributed by atoms with E-state index in [0.29, 0.717) is 5.56 Å². The molecule has 1 aliphatic heterocycles. The monoisotopic (exact) mass is 303 g/mol. The van der Waals surface area contributed by atoms with Crippen molar-refractivity contribution in [1.82, 2.24) is 0 Å². The summed E-state index contributed by atoms with van der Waals surface area (Å²) >= 11 is 0. The van der Waals surface area contributed by atoms with Crippen molar-refractivity contribution in [3.05, 3.63) is 77.9 Å². The Kier molecular flexibility index (Phi) is 3.27. The number of carbonyl (C=O) groups excluding carboxylic acids is 1. The van der Waals surface area contributed by atoms with Gasteiger partial charge in [0.15, 0.2) is 0 Å². The molecular formula is C20H17NO2. The molecule has 0 saturated heterocycles. The Hall–Kier alpha value is -2.81. The van der Waals surface area contributed by atoms with Crippen LogP contribution in [0.1, 0.15) is 29.1 Å². The van der Waals surface area contributed by atoms with Gasteiger partial charge in [-0.3, -0.25) is 0 Å². The highest BCUT2D eigenvalue weighted by atomic mass is 16.6. The molecule has 0 aliphatic carbocycles. The third kappa shape index (κ3) is 2.25. The van der Waals surface area contributed by atoms with Crippen LogP contribution in [-0.4, -0.2) is 12.5 Å². The highest BCUT2D eigenvalue weighted by molar-refractivity contribution is 5.94. The molecule has 1 aliphatic rings. The summed E-state index contributed by atoms with van der Waals surface area (Å²) in [5.41, 5.74) is 2.66. The number of esters is 1. The molecule has 3 aromatic carbocycles. The zero-order chi connectivity index (χ0) is 15.8. The lowest BCUT2D eigenvalue weighted by atomic mass is 10.1. The van der Waals surface area contributed by atoms with Gasteiger partial charge in [-0.25, -0.2) is 4.79 Å². The number of nitrogens with zero attached hydrogens (tertiary/aromatic N) is 1. The van der Waals surface area contributed by atoms with E-state index in [2.05, 4.69) is 42.2 Å². The Bertz CT molecular complexity index is 887. The molecule has 114 valence electrons. The van der Waals surface area contributed by atoms with Gasteiger partial charge in [-0.05, 0) is 35.9 Å². The van der Waals surface area contributed by atoms with E-state index < -0.39 is 0 Å². The summed E-state index contributed by atoms with van der Waals surface area (Å²) in [6.45, 7) is 2.83. The number of rotatable bonds is 3.